The number of carbonyl (C=O) groups is 1. The lowest BCUT2D eigenvalue weighted by Crippen LogP contribution is -2.29. The normalized spacial score (nSPS) is 10.9. The molecular formula is C15H28N2O7. The molecule has 0 heterocycles. The summed E-state index contributed by atoms with van der Waals surface area (Å²) in [7, 11) is 0. The van der Waals surface area contributed by atoms with Crippen molar-refractivity contribution < 1.29 is 33.6 Å². The second-order valence-corrected chi connectivity index (χ2v) is 4.60. The van der Waals surface area contributed by atoms with Crippen LogP contribution in [0.15, 0.2) is 9.98 Å². The summed E-state index contributed by atoms with van der Waals surface area (Å²) >= 11 is 0. The van der Waals surface area contributed by atoms with Gasteiger partial charge in [-0.05, 0) is 13.4 Å². The van der Waals surface area contributed by atoms with Crippen molar-refractivity contribution in [1.82, 2.24) is 0 Å². The van der Waals surface area contributed by atoms with Crippen LogP contribution in [0, 0.1) is 0 Å². The van der Waals surface area contributed by atoms with E-state index in [0.717, 1.165) is 0 Å². The van der Waals surface area contributed by atoms with Gasteiger partial charge in [0.2, 0.25) is 0 Å². The van der Waals surface area contributed by atoms with Gasteiger partial charge >= 0.3 is 5.97 Å². The summed E-state index contributed by atoms with van der Waals surface area (Å²) < 4.78 is 26.5. The second kappa shape index (κ2) is 18.0. The summed E-state index contributed by atoms with van der Waals surface area (Å²) in [6.45, 7) is 10.4. The Kier molecular flexibility index (Phi) is 16.9. The zero-order valence-electron chi connectivity index (χ0n) is 14.1. The molecule has 24 heavy (non-hydrogen) atoms. The van der Waals surface area contributed by atoms with E-state index in [9.17, 15) is 4.79 Å². The minimum absolute atomic E-state index is 0.220. The molecule has 0 bridgehead atoms. The van der Waals surface area contributed by atoms with Crippen molar-refractivity contribution in [1.29, 1.82) is 0 Å². The molecule has 0 aliphatic heterocycles. The van der Waals surface area contributed by atoms with Gasteiger partial charge in [-0.1, -0.05) is 0 Å². The number of carboxylic acid groups (broad SMARTS) is 1. The number of nitrogens with zero attached hydrogens (tertiary/aromatic N) is 2. The molecule has 0 aliphatic carbocycles. The second-order valence-electron chi connectivity index (χ2n) is 4.60. The van der Waals surface area contributed by atoms with Gasteiger partial charge in [0, 0.05) is 0 Å². The van der Waals surface area contributed by atoms with Gasteiger partial charge in [0.05, 0.1) is 65.9 Å². The molecule has 0 atom stereocenters. The minimum Gasteiger partial charge on any atom is -0.480 e. The molecule has 0 aliphatic rings. The molecule has 0 radical (unpaired) electrons. The zero-order valence-corrected chi connectivity index (χ0v) is 14.1. The predicted molar refractivity (Wildman–Crippen MR) is 89.5 cm³/mol. The molecule has 0 unspecified atom stereocenters. The highest BCUT2D eigenvalue weighted by atomic mass is 16.6. The first-order valence-electron chi connectivity index (χ1n) is 7.70. The lowest BCUT2D eigenvalue weighted by atomic mass is 10.4. The van der Waals surface area contributed by atoms with Gasteiger partial charge in [-0.2, -0.15) is 0 Å². The molecule has 0 aromatic rings. The first-order chi connectivity index (χ1) is 11.7. The molecule has 0 saturated carbocycles. The Hall–Kier alpha value is -1.39. The van der Waals surface area contributed by atoms with Gasteiger partial charge < -0.3 is 28.8 Å². The Balaban J connectivity index is 3.73. The Morgan fingerprint density at radius 2 is 1.29 bits per heavy atom. The van der Waals surface area contributed by atoms with E-state index in [0.29, 0.717) is 52.7 Å². The van der Waals surface area contributed by atoms with Crippen LogP contribution in [0.4, 0.5) is 0 Å². The maximum atomic E-state index is 10.6. The summed E-state index contributed by atoms with van der Waals surface area (Å²) in [4.78, 5) is 17.9. The molecule has 0 saturated heterocycles. The monoisotopic (exact) mass is 348 g/mol. The van der Waals surface area contributed by atoms with E-state index in [1.807, 2.05) is 0 Å². The van der Waals surface area contributed by atoms with Gasteiger partial charge in [-0.25, -0.2) is 4.79 Å². The van der Waals surface area contributed by atoms with Crippen molar-refractivity contribution in [3.8, 4) is 0 Å². The molecule has 0 rings (SSSR count). The fourth-order valence-electron chi connectivity index (χ4n) is 1.46. The fraction of sp³-hybridized carbons (Fsp3) is 0.800. The number of aliphatic imine (C=N–C) groups is 2. The molecule has 1 N–H and O–H groups in total. The first kappa shape index (κ1) is 22.6. The van der Waals surface area contributed by atoms with Crippen LogP contribution in [0.3, 0.4) is 0 Å². The number of aliphatic carboxylic acids is 1. The van der Waals surface area contributed by atoms with Crippen LogP contribution in [0.25, 0.3) is 0 Å². The number of carboxylic acids is 1. The molecule has 0 spiro atoms. The standard InChI is InChI=1S/C15H28N2O7/c1-16-3-5-20-7-9-22-11-14(24-13-15(18)19)12-23-10-8-21-6-4-17-2/h14H,1-13H2,(H,18,19). The van der Waals surface area contributed by atoms with Crippen LogP contribution in [-0.2, 0) is 28.5 Å². The minimum atomic E-state index is -1.04. The number of rotatable bonds is 19. The highest BCUT2D eigenvalue weighted by molar-refractivity contribution is 5.68. The third-order valence-electron chi connectivity index (χ3n) is 2.58. The molecule has 0 aromatic heterocycles. The van der Waals surface area contributed by atoms with Crippen molar-refractivity contribution >= 4 is 19.4 Å². The first-order valence-corrected chi connectivity index (χ1v) is 7.70. The molecular weight excluding hydrogens is 320 g/mol. The van der Waals surface area contributed by atoms with Crippen LogP contribution in [0.1, 0.15) is 0 Å². The van der Waals surface area contributed by atoms with Crippen LogP contribution in [0.5, 0.6) is 0 Å². The average molecular weight is 348 g/mol. The molecule has 9 heteroatoms. The number of ether oxygens (including phenoxy) is 5. The highest BCUT2D eigenvalue weighted by Crippen LogP contribution is 1.96. The van der Waals surface area contributed by atoms with Crippen LogP contribution in [-0.4, -0.2) is 103 Å². The largest absolute Gasteiger partial charge is 0.480 e. The van der Waals surface area contributed by atoms with Crippen molar-refractivity contribution in [2.45, 2.75) is 6.10 Å². The Labute approximate surface area is 142 Å². The Morgan fingerprint density at radius 3 is 1.71 bits per heavy atom. The lowest BCUT2D eigenvalue weighted by Gasteiger charge is -2.17. The summed E-state index contributed by atoms with van der Waals surface area (Å²) in [5.74, 6) is -1.04. The smallest absolute Gasteiger partial charge is 0.329 e. The molecule has 0 fully saturated rings. The van der Waals surface area contributed by atoms with Gasteiger partial charge in [-0.15, -0.1) is 0 Å². The van der Waals surface area contributed by atoms with Crippen LogP contribution >= 0.6 is 0 Å². The summed E-state index contributed by atoms with van der Waals surface area (Å²) in [6.07, 6.45) is -0.467. The van der Waals surface area contributed by atoms with Gasteiger partial charge in [0.15, 0.2) is 0 Å². The van der Waals surface area contributed by atoms with E-state index in [1.54, 1.807) is 0 Å². The maximum Gasteiger partial charge on any atom is 0.329 e. The highest BCUT2D eigenvalue weighted by Gasteiger charge is 2.12. The van der Waals surface area contributed by atoms with Crippen molar-refractivity contribution in [3.05, 3.63) is 0 Å². The molecule has 9 nitrogen and oxygen atoms in total. The van der Waals surface area contributed by atoms with E-state index in [-0.39, 0.29) is 13.2 Å². The average Bonchev–Trinajstić information content (AvgIpc) is 2.57. The summed E-state index contributed by atoms with van der Waals surface area (Å²) in [6, 6.07) is 0. The van der Waals surface area contributed by atoms with E-state index < -0.39 is 18.7 Å². The molecule has 0 aromatic carbocycles. The van der Waals surface area contributed by atoms with E-state index in [2.05, 4.69) is 23.4 Å². The topological polar surface area (TPSA) is 108 Å². The SMILES string of the molecule is C=NCCOCCOCC(COCCOCCN=C)OCC(=O)O. The fourth-order valence-corrected chi connectivity index (χ4v) is 1.46. The molecule has 140 valence electrons. The van der Waals surface area contributed by atoms with Crippen molar-refractivity contribution in [2.24, 2.45) is 9.98 Å². The van der Waals surface area contributed by atoms with Crippen molar-refractivity contribution in [3.63, 3.8) is 0 Å². The van der Waals surface area contributed by atoms with E-state index in [4.69, 9.17) is 28.8 Å². The summed E-state index contributed by atoms with van der Waals surface area (Å²) in [5.41, 5.74) is 0. The number of hydrogen-bond acceptors (Lipinski definition) is 8. The quantitative estimate of drug-likeness (QED) is 0.257. The Morgan fingerprint density at radius 1 is 0.833 bits per heavy atom. The number of hydrogen-bond donors (Lipinski definition) is 1. The van der Waals surface area contributed by atoms with Gasteiger partial charge in [-0.3, -0.25) is 9.98 Å². The summed E-state index contributed by atoms with van der Waals surface area (Å²) in [5, 5.41) is 8.67. The van der Waals surface area contributed by atoms with Crippen molar-refractivity contribution in [2.75, 3.05) is 72.6 Å². The third-order valence-corrected chi connectivity index (χ3v) is 2.58. The van der Waals surface area contributed by atoms with E-state index >= 15 is 0 Å². The Bertz CT molecular complexity index is 307. The molecule has 0 amide bonds. The lowest BCUT2D eigenvalue weighted by molar-refractivity contribution is -0.148. The predicted octanol–water partition coefficient (Wildman–Crippen LogP) is -0.0762. The maximum absolute atomic E-state index is 10.6. The van der Waals surface area contributed by atoms with Gasteiger partial charge in [0.1, 0.15) is 12.7 Å². The zero-order chi connectivity index (χ0) is 17.9. The van der Waals surface area contributed by atoms with Gasteiger partial charge in [0.25, 0.3) is 0 Å². The van der Waals surface area contributed by atoms with Crippen LogP contribution < -0.4 is 0 Å². The van der Waals surface area contributed by atoms with E-state index in [1.165, 1.54) is 0 Å². The van der Waals surface area contributed by atoms with Crippen LogP contribution in [0.2, 0.25) is 0 Å². The third kappa shape index (κ3) is 17.0.